The molecular formula is C14H8F24NO4P. The third-order valence-corrected chi connectivity index (χ3v) is 8.67. The molecule has 1 saturated heterocycles. The third kappa shape index (κ3) is 6.15. The van der Waals surface area contributed by atoms with E-state index in [-0.39, 0.29) is 0 Å². The molecule has 0 amide bonds. The third-order valence-electron chi connectivity index (χ3n) is 5.08. The topological polar surface area (TPSA) is 40.2 Å². The first-order valence-corrected chi connectivity index (χ1v) is 11.5. The summed E-state index contributed by atoms with van der Waals surface area (Å²) in [5.41, 5.74) is -17.1. The first-order valence-electron chi connectivity index (χ1n) is 9.64. The summed E-state index contributed by atoms with van der Waals surface area (Å²) in [5, 5.41) is 0. The normalized spacial score (nSPS) is 22.9. The van der Waals surface area contributed by atoms with Gasteiger partial charge in [-0.3, -0.25) is 0 Å². The van der Waals surface area contributed by atoms with Gasteiger partial charge in [-0.2, -0.15) is 0 Å². The predicted molar refractivity (Wildman–Crippen MR) is 86.4 cm³/mol. The summed E-state index contributed by atoms with van der Waals surface area (Å²) in [6.07, 6.45) is -77.4. The van der Waals surface area contributed by atoms with Gasteiger partial charge in [-0.1, -0.05) is 0 Å². The molecule has 0 spiro atoms. The average molecular weight is 741 g/mol. The molecule has 0 aromatic heterocycles. The number of hydrogen-bond donors (Lipinski definition) is 0. The van der Waals surface area contributed by atoms with Crippen LogP contribution in [0.2, 0.25) is 0 Å². The van der Waals surface area contributed by atoms with Crippen molar-refractivity contribution in [1.29, 1.82) is 0 Å². The molecule has 266 valence electrons. The van der Waals surface area contributed by atoms with Crippen LogP contribution in [-0.4, -0.2) is 91.6 Å². The molecule has 5 nitrogen and oxygen atoms in total. The minimum atomic E-state index is -10.5. The summed E-state index contributed by atoms with van der Waals surface area (Å²) in [6, 6.07) is 0. The van der Waals surface area contributed by atoms with Crippen LogP contribution < -0.4 is 0 Å². The van der Waals surface area contributed by atoms with E-state index in [1.165, 1.54) is 0 Å². The van der Waals surface area contributed by atoms with Gasteiger partial charge < -0.3 is 0 Å². The van der Waals surface area contributed by atoms with Crippen LogP contribution in [0, 0.1) is 0 Å². The maximum absolute atomic E-state index is 13.9. The van der Waals surface area contributed by atoms with Crippen molar-refractivity contribution in [3.8, 4) is 0 Å². The van der Waals surface area contributed by atoms with Gasteiger partial charge in [0.2, 0.25) is 0 Å². The standard InChI is InChI=1S/C14H8F24NO4P/c1-39(2)44(40-3(5(15,16)17)6(18,19)20,41-4(7(21,22)23)8(24,25)26)42-9(11(27,28)29,12(30,31)32)10(43-44,13(33,34)35)14(36,37)38/h3-4H,1-2H3. The molecule has 1 fully saturated rings. The predicted octanol–water partition coefficient (Wildman–Crippen LogP) is 8.47. The molecule has 1 heterocycles. The van der Waals surface area contributed by atoms with E-state index < -0.39 is 99.2 Å². The van der Waals surface area contributed by atoms with Gasteiger partial charge in [0.15, 0.2) is 0 Å². The molecule has 0 unspecified atom stereocenters. The van der Waals surface area contributed by atoms with Crippen molar-refractivity contribution in [3.05, 3.63) is 0 Å². The van der Waals surface area contributed by atoms with Crippen LogP contribution in [0.4, 0.5) is 105 Å². The Morgan fingerprint density at radius 1 is 0.432 bits per heavy atom. The van der Waals surface area contributed by atoms with Crippen LogP contribution in [0.5, 0.6) is 0 Å². The Hall–Kier alpha value is -1.45. The summed E-state index contributed by atoms with van der Waals surface area (Å²) < 4.78 is 335. The van der Waals surface area contributed by atoms with Crippen molar-refractivity contribution in [2.24, 2.45) is 0 Å². The monoisotopic (exact) mass is 741 g/mol. The van der Waals surface area contributed by atoms with Crippen molar-refractivity contribution in [3.63, 3.8) is 0 Å². The maximum atomic E-state index is 13.9. The summed E-state index contributed by atoms with van der Waals surface area (Å²) >= 11 is 0. The van der Waals surface area contributed by atoms with Gasteiger partial charge in [-0.05, 0) is 0 Å². The first kappa shape index (κ1) is 40.6. The summed E-state index contributed by atoms with van der Waals surface area (Å²) in [6.45, 7) is 0. The number of halogens is 24. The average Bonchev–Trinajstić information content (AvgIpc) is 2.99. The van der Waals surface area contributed by atoms with E-state index in [4.69, 9.17) is 0 Å². The van der Waals surface area contributed by atoms with Gasteiger partial charge in [0.05, 0.1) is 0 Å². The Bertz CT molecular complexity index is 907. The molecule has 1 aliphatic rings. The van der Waals surface area contributed by atoms with Crippen molar-refractivity contribution < 1.29 is 123 Å². The van der Waals surface area contributed by atoms with E-state index in [0.717, 1.165) is 0 Å². The molecule has 0 aliphatic carbocycles. The van der Waals surface area contributed by atoms with Crippen molar-refractivity contribution in [1.82, 2.24) is 4.67 Å². The molecular weight excluding hydrogens is 733 g/mol. The molecule has 0 radical (unpaired) electrons. The van der Waals surface area contributed by atoms with Crippen LogP contribution >= 0.6 is 7.66 Å². The van der Waals surface area contributed by atoms with Gasteiger partial charge in [-0.15, -0.1) is 0 Å². The molecule has 0 bridgehead atoms. The van der Waals surface area contributed by atoms with Crippen LogP contribution in [0.15, 0.2) is 0 Å². The fourth-order valence-corrected chi connectivity index (χ4v) is 7.09. The molecule has 30 heteroatoms. The van der Waals surface area contributed by atoms with Crippen LogP contribution in [0.1, 0.15) is 0 Å². The number of rotatable bonds is 5. The van der Waals surface area contributed by atoms with Gasteiger partial charge >= 0.3 is 223 Å². The number of nitrogens with zero attached hydrogens (tertiary/aromatic N) is 1. The Balaban J connectivity index is 4.89. The van der Waals surface area contributed by atoms with E-state index >= 15 is 0 Å². The molecule has 44 heavy (non-hydrogen) atoms. The Morgan fingerprint density at radius 2 is 0.614 bits per heavy atom. The SMILES string of the molecule is CN(C)P1(OC(C(F)(F)F)C(F)(F)F)(OC(C(F)(F)F)C(F)(F)F)OC(C(F)(F)F)(C(F)(F)F)C(C(F)(F)F)(C(F)(F)F)O1. The fraction of sp³-hybridized carbons (Fsp3) is 1.00. The molecule has 1 aliphatic heterocycles. The van der Waals surface area contributed by atoms with Crippen LogP contribution in [-0.2, 0) is 18.1 Å². The number of hydrogen-bond acceptors (Lipinski definition) is 5. The zero-order chi connectivity index (χ0) is 36.0. The van der Waals surface area contributed by atoms with Gasteiger partial charge in [-0.25, -0.2) is 0 Å². The van der Waals surface area contributed by atoms with Gasteiger partial charge in [0.1, 0.15) is 0 Å². The summed E-state index contributed by atoms with van der Waals surface area (Å²) in [4.78, 5) is 0. The van der Waals surface area contributed by atoms with E-state index in [9.17, 15) is 105 Å². The van der Waals surface area contributed by atoms with Crippen molar-refractivity contribution >= 4 is 7.66 Å². The van der Waals surface area contributed by atoms with E-state index in [2.05, 4.69) is 18.1 Å². The Labute approximate surface area is 224 Å². The van der Waals surface area contributed by atoms with Crippen molar-refractivity contribution in [2.75, 3.05) is 14.1 Å². The minimum absolute atomic E-state index is 0.883. The van der Waals surface area contributed by atoms with E-state index in [1.54, 1.807) is 0 Å². The zero-order valence-electron chi connectivity index (χ0n) is 19.8. The zero-order valence-corrected chi connectivity index (χ0v) is 20.6. The molecule has 0 N–H and O–H groups in total. The molecule has 0 aromatic rings. The summed E-state index contributed by atoms with van der Waals surface area (Å²) in [5.74, 6) is 0. The van der Waals surface area contributed by atoms with E-state index in [0.29, 0.717) is 0 Å². The second kappa shape index (κ2) is 10.3. The quantitative estimate of drug-likeness (QED) is 0.209. The van der Waals surface area contributed by atoms with Crippen LogP contribution in [0.25, 0.3) is 0 Å². The van der Waals surface area contributed by atoms with Crippen molar-refractivity contribution in [2.45, 2.75) is 72.8 Å². The Kier molecular flexibility index (Phi) is 9.47. The Morgan fingerprint density at radius 3 is 0.727 bits per heavy atom. The molecule has 0 saturated carbocycles. The fourth-order valence-electron chi connectivity index (χ4n) is 3.36. The number of alkyl halides is 24. The summed E-state index contributed by atoms with van der Waals surface area (Å²) in [7, 11) is -12.3. The molecule has 0 atom stereocenters. The second-order valence-corrected chi connectivity index (χ2v) is 11.4. The van der Waals surface area contributed by atoms with Gasteiger partial charge in [0.25, 0.3) is 0 Å². The van der Waals surface area contributed by atoms with Gasteiger partial charge in [0, 0.05) is 0 Å². The second-order valence-electron chi connectivity index (χ2n) is 8.29. The molecule has 0 aromatic carbocycles. The van der Waals surface area contributed by atoms with Crippen LogP contribution in [0.3, 0.4) is 0 Å². The molecule has 1 rings (SSSR count). The van der Waals surface area contributed by atoms with E-state index in [1.807, 2.05) is 0 Å². The first-order chi connectivity index (χ1) is 18.6.